The predicted molar refractivity (Wildman–Crippen MR) is 84.6 cm³/mol. The molecular weight excluding hydrogens is 316 g/mol. The van der Waals surface area contributed by atoms with Gasteiger partial charge in [-0.3, -0.25) is 0 Å². The molecule has 0 saturated carbocycles. The molecule has 0 radical (unpaired) electrons. The van der Waals surface area contributed by atoms with E-state index >= 15 is 0 Å². The lowest BCUT2D eigenvalue weighted by Gasteiger charge is -2.27. The highest BCUT2D eigenvalue weighted by Gasteiger charge is 2.22. The second-order valence-corrected chi connectivity index (χ2v) is 6.59. The molecule has 1 nitrogen and oxygen atoms in total. The topological polar surface area (TPSA) is 12.0 Å². The number of nitrogens with one attached hydrogen (secondary N) is 1. The molecule has 1 atom stereocenters. The minimum absolute atomic E-state index is 0.0272. The first-order valence-corrected chi connectivity index (χ1v) is 8.02. The zero-order valence-corrected chi connectivity index (χ0v) is 12.8. The van der Waals surface area contributed by atoms with Crippen LogP contribution in [-0.2, 0) is 0 Å². The third-order valence-electron chi connectivity index (χ3n) is 3.29. The van der Waals surface area contributed by atoms with E-state index in [-0.39, 0.29) is 11.9 Å². The summed E-state index contributed by atoms with van der Waals surface area (Å²) >= 11 is 13.9. The summed E-state index contributed by atoms with van der Waals surface area (Å²) in [5.41, 5.74) is 1.46. The average molecular weight is 328 g/mol. The molecule has 0 saturated heterocycles. The lowest BCUT2D eigenvalue weighted by molar-refractivity contribution is 0.622. The zero-order chi connectivity index (χ0) is 14.1. The standard InChI is InChI=1S/C15H12Cl2FNS/c16-9-4-5-14-10(8-9)13(6-7-20-14)19-15-11(17)2-1-3-12(15)18/h1-5,8,13,19H,6-7H2. The Kier molecular flexibility index (Phi) is 4.11. The summed E-state index contributed by atoms with van der Waals surface area (Å²) in [7, 11) is 0. The highest BCUT2D eigenvalue weighted by molar-refractivity contribution is 7.99. The molecule has 0 fully saturated rings. The predicted octanol–water partition coefficient (Wildman–Crippen LogP) is 5.78. The van der Waals surface area contributed by atoms with Gasteiger partial charge in [-0.15, -0.1) is 11.8 Å². The molecule has 1 unspecified atom stereocenters. The van der Waals surface area contributed by atoms with Gasteiger partial charge in [0.15, 0.2) is 0 Å². The number of anilines is 1. The van der Waals surface area contributed by atoms with Crippen molar-refractivity contribution < 1.29 is 4.39 Å². The number of hydrogen-bond acceptors (Lipinski definition) is 2. The van der Waals surface area contributed by atoms with Crippen molar-refractivity contribution in [3.8, 4) is 0 Å². The van der Waals surface area contributed by atoms with Crippen molar-refractivity contribution in [1.29, 1.82) is 0 Å². The van der Waals surface area contributed by atoms with E-state index in [4.69, 9.17) is 23.2 Å². The monoisotopic (exact) mass is 327 g/mol. The van der Waals surface area contributed by atoms with Gasteiger partial charge < -0.3 is 5.32 Å². The van der Waals surface area contributed by atoms with Crippen molar-refractivity contribution in [1.82, 2.24) is 0 Å². The quantitative estimate of drug-likeness (QED) is 0.750. The molecule has 1 aliphatic rings. The largest absolute Gasteiger partial charge is 0.375 e. The van der Waals surface area contributed by atoms with E-state index in [0.717, 1.165) is 17.7 Å². The summed E-state index contributed by atoms with van der Waals surface area (Å²) in [6, 6.07) is 10.6. The lowest BCUT2D eigenvalue weighted by Crippen LogP contribution is -2.17. The normalized spacial score (nSPS) is 17.6. The van der Waals surface area contributed by atoms with Gasteiger partial charge >= 0.3 is 0 Å². The van der Waals surface area contributed by atoms with Crippen molar-refractivity contribution in [2.24, 2.45) is 0 Å². The summed E-state index contributed by atoms with van der Waals surface area (Å²) in [6.07, 6.45) is 0.905. The maximum Gasteiger partial charge on any atom is 0.147 e. The fourth-order valence-corrected chi connectivity index (χ4v) is 3.83. The van der Waals surface area contributed by atoms with Crippen LogP contribution in [0.25, 0.3) is 0 Å². The van der Waals surface area contributed by atoms with Crippen LogP contribution < -0.4 is 5.32 Å². The van der Waals surface area contributed by atoms with E-state index in [1.54, 1.807) is 23.9 Å². The van der Waals surface area contributed by atoms with Gasteiger partial charge in [-0.1, -0.05) is 29.3 Å². The van der Waals surface area contributed by atoms with Crippen molar-refractivity contribution in [3.63, 3.8) is 0 Å². The molecule has 3 rings (SSSR count). The Bertz CT molecular complexity index is 628. The second-order valence-electron chi connectivity index (χ2n) is 4.61. The summed E-state index contributed by atoms with van der Waals surface area (Å²) in [6.45, 7) is 0. The van der Waals surface area contributed by atoms with Crippen molar-refractivity contribution in [3.05, 3.63) is 57.8 Å². The molecular formula is C15H12Cl2FNS. The smallest absolute Gasteiger partial charge is 0.147 e. The first-order valence-electron chi connectivity index (χ1n) is 6.28. The number of hydrogen-bond donors (Lipinski definition) is 1. The molecule has 2 aromatic carbocycles. The molecule has 2 aromatic rings. The van der Waals surface area contributed by atoms with Crippen LogP contribution in [0.15, 0.2) is 41.3 Å². The van der Waals surface area contributed by atoms with E-state index in [2.05, 4.69) is 5.32 Å². The number of para-hydroxylation sites is 1. The highest BCUT2D eigenvalue weighted by Crippen LogP contribution is 2.40. The fraction of sp³-hybridized carbons (Fsp3) is 0.200. The summed E-state index contributed by atoms with van der Waals surface area (Å²) < 4.78 is 13.9. The van der Waals surface area contributed by atoms with Gasteiger partial charge in [0.2, 0.25) is 0 Å². The van der Waals surface area contributed by atoms with Crippen molar-refractivity contribution >= 4 is 40.7 Å². The summed E-state index contributed by atoms with van der Waals surface area (Å²) in [5.74, 6) is 0.651. The van der Waals surface area contributed by atoms with Crippen molar-refractivity contribution in [2.75, 3.05) is 11.1 Å². The van der Waals surface area contributed by atoms with Crippen LogP contribution in [0.4, 0.5) is 10.1 Å². The minimum atomic E-state index is -0.334. The Morgan fingerprint density at radius 3 is 2.85 bits per heavy atom. The summed E-state index contributed by atoms with van der Waals surface area (Å²) in [5, 5.41) is 4.31. The average Bonchev–Trinajstić information content (AvgIpc) is 2.43. The van der Waals surface area contributed by atoms with E-state index in [9.17, 15) is 4.39 Å². The van der Waals surface area contributed by atoms with Gasteiger partial charge in [0.05, 0.1) is 16.8 Å². The van der Waals surface area contributed by atoms with Gasteiger partial charge in [0.1, 0.15) is 5.82 Å². The third kappa shape index (κ3) is 2.76. The van der Waals surface area contributed by atoms with Crippen LogP contribution in [0, 0.1) is 5.82 Å². The van der Waals surface area contributed by atoms with Crippen LogP contribution in [0.2, 0.25) is 10.0 Å². The summed E-state index contributed by atoms with van der Waals surface area (Å²) in [4.78, 5) is 1.19. The molecule has 0 amide bonds. The van der Waals surface area contributed by atoms with Gasteiger partial charge in [-0.05, 0) is 42.3 Å². The number of thioether (sulfide) groups is 1. The van der Waals surface area contributed by atoms with E-state index in [1.165, 1.54) is 11.0 Å². The third-order valence-corrected chi connectivity index (χ3v) is 4.97. The molecule has 0 aliphatic carbocycles. The Morgan fingerprint density at radius 1 is 1.20 bits per heavy atom. The van der Waals surface area contributed by atoms with Crippen LogP contribution in [-0.4, -0.2) is 5.75 Å². The van der Waals surface area contributed by atoms with Crippen LogP contribution >= 0.6 is 35.0 Å². The number of halogens is 3. The molecule has 0 spiro atoms. The van der Waals surface area contributed by atoms with E-state index in [1.807, 2.05) is 18.2 Å². The molecule has 0 bridgehead atoms. The second kappa shape index (κ2) is 5.84. The SMILES string of the molecule is Fc1cccc(Cl)c1NC1CCSc2ccc(Cl)cc21. The number of benzene rings is 2. The molecule has 5 heteroatoms. The number of fused-ring (bicyclic) bond motifs is 1. The zero-order valence-electron chi connectivity index (χ0n) is 10.5. The molecule has 1 aliphatic heterocycles. The molecule has 20 heavy (non-hydrogen) atoms. The Balaban J connectivity index is 1.95. The van der Waals surface area contributed by atoms with Crippen molar-refractivity contribution in [2.45, 2.75) is 17.4 Å². The van der Waals surface area contributed by atoms with Crippen LogP contribution in [0.5, 0.6) is 0 Å². The van der Waals surface area contributed by atoms with Gasteiger partial charge in [-0.2, -0.15) is 0 Å². The minimum Gasteiger partial charge on any atom is -0.375 e. The van der Waals surface area contributed by atoms with Crippen LogP contribution in [0.3, 0.4) is 0 Å². The maximum atomic E-state index is 13.9. The Morgan fingerprint density at radius 2 is 2.05 bits per heavy atom. The fourth-order valence-electron chi connectivity index (χ4n) is 2.33. The molecule has 1 N–H and O–H groups in total. The van der Waals surface area contributed by atoms with Gasteiger partial charge in [-0.25, -0.2) is 4.39 Å². The number of rotatable bonds is 2. The molecule has 1 heterocycles. The van der Waals surface area contributed by atoms with E-state index < -0.39 is 0 Å². The maximum absolute atomic E-state index is 13.9. The molecule has 104 valence electrons. The van der Waals surface area contributed by atoms with E-state index in [0.29, 0.717) is 15.7 Å². The first-order chi connectivity index (χ1) is 9.65. The lowest BCUT2D eigenvalue weighted by atomic mass is 10.0. The highest BCUT2D eigenvalue weighted by atomic mass is 35.5. The van der Waals surface area contributed by atoms with Crippen LogP contribution in [0.1, 0.15) is 18.0 Å². The van der Waals surface area contributed by atoms with Gasteiger partial charge in [0, 0.05) is 15.7 Å². The Hall–Kier alpha value is -0.900. The first kappa shape index (κ1) is 14.1. The Labute approximate surface area is 131 Å². The van der Waals surface area contributed by atoms with Gasteiger partial charge in [0.25, 0.3) is 0 Å². The molecule has 0 aromatic heterocycles.